The van der Waals surface area contributed by atoms with Crippen LogP contribution in [0.15, 0.2) is 24.3 Å². The number of nitrogens with zero attached hydrogens (tertiary/aromatic N) is 1. The van der Waals surface area contributed by atoms with Gasteiger partial charge in [-0.1, -0.05) is 31.0 Å². The summed E-state index contributed by atoms with van der Waals surface area (Å²) < 4.78 is 0. The van der Waals surface area contributed by atoms with Gasteiger partial charge < -0.3 is 4.90 Å². The third-order valence-electron chi connectivity index (χ3n) is 3.78. The fourth-order valence-corrected chi connectivity index (χ4v) is 2.40. The number of hydrogen-bond acceptors (Lipinski definition) is 1. The Hall–Kier alpha value is -1.31. The predicted molar refractivity (Wildman–Crippen MR) is 75.8 cm³/mol. The lowest BCUT2D eigenvalue weighted by atomic mass is 9.82. The van der Waals surface area contributed by atoms with Crippen molar-refractivity contribution in [3.63, 3.8) is 0 Å². The first-order valence-corrected chi connectivity index (χ1v) is 7.07. The molecule has 1 aromatic carbocycles. The fraction of sp³-hybridized carbons (Fsp3) is 0.562. The van der Waals surface area contributed by atoms with E-state index in [1.54, 1.807) is 0 Å². The minimum atomic E-state index is 0.297. The summed E-state index contributed by atoms with van der Waals surface area (Å²) in [5.74, 6) is 0.938. The number of rotatable bonds is 5. The molecule has 0 N–H and O–H groups in total. The second-order valence-electron chi connectivity index (χ2n) is 5.38. The molecule has 0 aliphatic heterocycles. The van der Waals surface area contributed by atoms with Crippen LogP contribution in [0.2, 0.25) is 0 Å². The van der Waals surface area contributed by atoms with Gasteiger partial charge in [0.05, 0.1) is 0 Å². The lowest BCUT2D eigenvalue weighted by molar-refractivity contribution is -0.120. The summed E-state index contributed by atoms with van der Waals surface area (Å²) in [4.78, 5) is 14.3. The van der Waals surface area contributed by atoms with E-state index in [9.17, 15) is 4.79 Å². The van der Waals surface area contributed by atoms with Crippen LogP contribution >= 0.6 is 0 Å². The van der Waals surface area contributed by atoms with Crippen molar-refractivity contribution < 1.29 is 4.79 Å². The average molecular weight is 245 g/mol. The van der Waals surface area contributed by atoms with Crippen molar-refractivity contribution in [3.8, 4) is 0 Å². The molecule has 1 aromatic rings. The summed E-state index contributed by atoms with van der Waals surface area (Å²) in [5, 5.41) is 0. The monoisotopic (exact) mass is 245 g/mol. The van der Waals surface area contributed by atoms with Gasteiger partial charge in [-0.05, 0) is 44.2 Å². The van der Waals surface area contributed by atoms with Crippen molar-refractivity contribution in [2.45, 2.75) is 46.0 Å². The molecule has 1 aliphatic rings. The molecule has 1 aliphatic carbocycles. The van der Waals surface area contributed by atoms with Crippen molar-refractivity contribution in [2.75, 3.05) is 11.4 Å². The molecular weight excluding hydrogens is 222 g/mol. The summed E-state index contributed by atoms with van der Waals surface area (Å²) in [6.07, 6.45) is 5.51. The number of amides is 1. The zero-order valence-electron chi connectivity index (χ0n) is 11.5. The van der Waals surface area contributed by atoms with Gasteiger partial charge >= 0.3 is 0 Å². The van der Waals surface area contributed by atoms with Crippen molar-refractivity contribution >= 4 is 11.6 Å². The SMILES string of the molecule is CCCN(C(=O)CC1CCC1)c1ccc(C)cc1. The topological polar surface area (TPSA) is 20.3 Å². The maximum Gasteiger partial charge on any atom is 0.227 e. The van der Waals surface area contributed by atoms with Gasteiger partial charge in [-0.15, -0.1) is 0 Å². The smallest absolute Gasteiger partial charge is 0.227 e. The van der Waals surface area contributed by atoms with Crippen LogP contribution in [-0.4, -0.2) is 12.5 Å². The van der Waals surface area contributed by atoms with Gasteiger partial charge in [-0.25, -0.2) is 0 Å². The van der Waals surface area contributed by atoms with Crippen LogP contribution in [0, 0.1) is 12.8 Å². The molecule has 2 nitrogen and oxygen atoms in total. The van der Waals surface area contributed by atoms with Crippen LogP contribution in [0.25, 0.3) is 0 Å². The molecule has 0 saturated heterocycles. The van der Waals surface area contributed by atoms with E-state index in [0.717, 1.165) is 25.1 Å². The first-order chi connectivity index (χ1) is 8.70. The Balaban J connectivity index is 2.05. The van der Waals surface area contributed by atoms with Crippen molar-refractivity contribution in [1.29, 1.82) is 0 Å². The predicted octanol–water partition coefficient (Wildman–Crippen LogP) is 3.93. The van der Waals surface area contributed by atoms with E-state index in [4.69, 9.17) is 0 Å². The lowest BCUT2D eigenvalue weighted by Gasteiger charge is -2.29. The van der Waals surface area contributed by atoms with Gasteiger partial charge in [0.1, 0.15) is 0 Å². The van der Waals surface area contributed by atoms with Gasteiger partial charge in [0, 0.05) is 18.7 Å². The van der Waals surface area contributed by atoms with Gasteiger partial charge in [0.2, 0.25) is 5.91 Å². The molecule has 0 heterocycles. The molecule has 0 radical (unpaired) electrons. The third-order valence-corrected chi connectivity index (χ3v) is 3.78. The van der Waals surface area contributed by atoms with Gasteiger partial charge in [0.15, 0.2) is 0 Å². The highest BCUT2D eigenvalue weighted by atomic mass is 16.2. The van der Waals surface area contributed by atoms with Crippen molar-refractivity contribution in [1.82, 2.24) is 0 Å². The van der Waals surface area contributed by atoms with Gasteiger partial charge in [-0.3, -0.25) is 4.79 Å². The van der Waals surface area contributed by atoms with Crippen LogP contribution in [0.5, 0.6) is 0 Å². The standard InChI is InChI=1S/C16H23NO/c1-3-11-17(15-9-7-13(2)8-10-15)16(18)12-14-5-4-6-14/h7-10,14H,3-6,11-12H2,1-2H3. The van der Waals surface area contributed by atoms with E-state index in [0.29, 0.717) is 11.8 Å². The molecule has 2 rings (SSSR count). The highest BCUT2D eigenvalue weighted by molar-refractivity contribution is 5.93. The largest absolute Gasteiger partial charge is 0.312 e. The van der Waals surface area contributed by atoms with Gasteiger partial charge in [-0.2, -0.15) is 0 Å². The van der Waals surface area contributed by atoms with Crippen LogP contribution in [-0.2, 0) is 4.79 Å². The highest BCUT2D eigenvalue weighted by Gasteiger charge is 2.24. The van der Waals surface area contributed by atoms with Gasteiger partial charge in [0.25, 0.3) is 0 Å². The Morgan fingerprint density at radius 3 is 2.44 bits per heavy atom. The molecular formula is C16H23NO. The highest BCUT2D eigenvalue weighted by Crippen LogP contribution is 2.30. The zero-order valence-corrected chi connectivity index (χ0v) is 11.5. The molecule has 0 unspecified atom stereocenters. The molecule has 0 bridgehead atoms. The summed E-state index contributed by atoms with van der Waals surface area (Å²) >= 11 is 0. The maximum absolute atomic E-state index is 12.3. The van der Waals surface area contributed by atoms with E-state index in [1.807, 2.05) is 4.90 Å². The van der Waals surface area contributed by atoms with E-state index >= 15 is 0 Å². The second-order valence-corrected chi connectivity index (χ2v) is 5.38. The van der Waals surface area contributed by atoms with Crippen molar-refractivity contribution in [3.05, 3.63) is 29.8 Å². The van der Waals surface area contributed by atoms with Crippen LogP contribution in [0.4, 0.5) is 5.69 Å². The number of carbonyl (C=O) groups excluding carboxylic acids is 1. The molecule has 18 heavy (non-hydrogen) atoms. The number of aryl methyl sites for hydroxylation is 1. The fourth-order valence-electron chi connectivity index (χ4n) is 2.40. The van der Waals surface area contributed by atoms with Crippen molar-refractivity contribution in [2.24, 2.45) is 5.92 Å². The zero-order chi connectivity index (χ0) is 13.0. The molecule has 1 amide bonds. The average Bonchev–Trinajstić information content (AvgIpc) is 2.32. The normalized spacial score (nSPS) is 15.2. The van der Waals surface area contributed by atoms with E-state index in [2.05, 4.69) is 38.1 Å². The number of benzene rings is 1. The number of hydrogen-bond donors (Lipinski definition) is 0. The summed E-state index contributed by atoms with van der Waals surface area (Å²) in [6, 6.07) is 8.27. The maximum atomic E-state index is 12.3. The molecule has 1 fully saturated rings. The van der Waals surface area contributed by atoms with Crippen LogP contribution in [0.3, 0.4) is 0 Å². The molecule has 0 aromatic heterocycles. The Kier molecular flexibility index (Phi) is 4.40. The molecule has 0 atom stereocenters. The quantitative estimate of drug-likeness (QED) is 0.769. The van der Waals surface area contributed by atoms with Crippen LogP contribution in [0.1, 0.15) is 44.6 Å². The number of anilines is 1. The third kappa shape index (κ3) is 3.12. The first-order valence-electron chi connectivity index (χ1n) is 7.07. The second kappa shape index (κ2) is 6.03. The molecule has 98 valence electrons. The van der Waals surface area contributed by atoms with E-state index < -0.39 is 0 Å². The Morgan fingerprint density at radius 1 is 1.28 bits per heavy atom. The lowest BCUT2D eigenvalue weighted by Crippen LogP contribution is -2.34. The molecule has 0 spiro atoms. The minimum Gasteiger partial charge on any atom is -0.312 e. The summed E-state index contributed by atoms with van der Waals surface area (Å²) in [7, 11) is 0. The molecule has 1 saturated carbocycles. The summed E-state index contributed by atoms with van der Waals surface area (Å²) in [6.45, 7) is 5.02. The minimum absolute atomic E-state index is 0.297. The Bertz CT molecular complexity index is 392. The number of carbonyl (C=O) groups is 1. The van der Waals surface area contributed by atoms with E-state index in [-0.39, 0.29) is 0 Å². The van der Waals surface area contributed by atoms with Crippen LogP contribution < -0.4 is 4.90 Å². The first kappa shape index (κ1) is 13.1. The van der Waals surface area contributed by atoms with E-state index in [1.165, 1.54) is 24.8 Å². The Labute approximate surface area is 110 Å². The Morgan fingerprint density at radius 2 is 1.94 bits per heavy atom. The molecule has 2 heteroatoms. The summed E-state index contributed by atoms with van der Waals surface area (Å²) in [5.41, 5.74) is 2.29.